The van der Waals surface area contributed by atoms with Crippen molar-refractivity contribution >= 4 is 10.1 Å². The van der Waals surface area contributed by atoms with Crippen molar-refractivity contribution in [2.75, 3.05) is 6.61 Å². The Bertz CT molecular complexity index is 436. The molecule has 0 aliphatic rings. The minimum absolute atomic E-state index is 0.294. The molecule has 0 amide bonds. The molecule has 1 N–H and O–H groups in total. The Morgan fingerprint density at radius 3 is 2.67 bits per heavy atom. The lowest BCUT2D eigenvalue weighted by atomic mass is 10.2. The van der Waals surface area contributed by atoms with E-state index in [1.807, 2.05) is 0 Å². The van der Waals surface area contributed by atoms with Crippen LogP contribution in [-0.2, 0) is 15.9 Å². The molecule has 1 rings (SSSR count). The van der Waals surface area contributed by atoms with E-state index in [2.05, 4.69) is 6.58 Å². The Kier molecular flexibility index (Phi) is 3.88. The summed E-state index contributed by atoms with van der Waals surface area (Å²) in [5, 5.41) is 0. The van der Waals surface area contributed by atoms with E-state index in [-0.39, 0.29) is 0 Å². The highest BCUT2D eigenvalue weighted by Crippen LogP contribution is 2.19. The highest BCUT2D eigenvalue weighted by atomic mass is 32.2. The van der Waals surface area contributed by atoms with E-state index in [0.29, 0.717) is 17.9 Å². The average Bonchev–Trinajstić information content (AvgIpc) is 2.14. The van der Waals surface area contributed by atoms with E-state index in [1.54, 1.807) is 30.3 Å². The smallest absolute Gasteiger partial charge is 0.269 e. The fourth-order valence-electron chi connectivity index (χ4n) is 1.11. The van der Waals surface area contributed by atoms with Crippen LogP contribution in [0.5, 0.6) is 5.75 Å². The van der Waals surface area contributed by atoms with Gasteiger partial charge >= 0.3 is 0 Å². The van der Waals surface area contributed by atoms with Gasteiger partial charge in [-0.05, 0) is 6.07 Å². The minimum Gasteiger partial charge on any atom is -0.489 e. The summed E-state index contributed by atoms with van der Waals surface area (Å²) in [6.45, 7) is 3.78. The first-order valence-electron chi connectivity index (χ1n) is 4.29. The van der Waals surface area contributed by atoms with Gasteiger partial charge in [-0.2, -0.15) is 8.42 Å². The highest BCUT2D eigenvalue weighted by Gasteiger charge is 2.10. The van der Waals surface area contributed by atoms with Crippen LogP contribution in [0, 0.1) is 0 Å². The number of para-hydroxylation sites is 1. The maximum absolute atomic E-state index is 10.7. The zero-order valence-corrected chi connectivity index (χ0v) is 8.90. The summed E-state index contributed by atoms with van der Waals surface area (Å²) in [7, 11) is -4.03. The van der Waals surface area contributed by atoms with Gasteiger partial charge in [-0.3, -0.25) is 4.55 Å². The van der Waals surface area contributed by atoms with Crippen molar-refractivity contribution in [3.05, 3.63) is 42.5 Å². The van der Waals surface area contributed by atoms with E-state index in [4.69, 9.17) is 9.29 Å². The summed E-state index contributed by atoms with van der Waals surface area (Å²) in [6.07, 6.45) is 1.56. The SMILES string of the molecule is C=CCOc1ccccc1CS(=O)(=O)O. The van der Waals surface area contributed by atoms with Gasteiger partial charge in [0.05, 0.1) is 0 Å². The van der Waals surface area contributed by atoms with Gasteiger partial charge in [-0.15, -0.1) is 0 Å². The van der Waals surface area contributed by atoms with Gasteiger partial charge in [0.2, 0.25) is 0 Å². The van der Waals surface area contributed by atoms with Crippen LogP contribution in [0.4, 0.5) is 0 Å². The molecule has 4 nitrogen and oxygen atoms in total. The van der Waals surface area contributed by atoms with Gasteiger partial charge in [0.15, 0.2) is 0 Å². The van der Waals surface area contributed by atoms with Crippen molar-refractivity contribution in [3.63, 3.8) is 0 Å². The number of rotatable bonds is 5. The van der Waals surface area contributed by atoms with E-state index < -0.39 is 15.9 Å². The molecule has 0 aliphatic carbocycles. The molecule has 0 aromatic heterocycles. The molecule has 0 unspecified atom stereocenters. The predicted molar refractivity (Wildman–Crippen MR) is 57.4 cm³/mol. The highest BCUT2D eigenvalue weighted by molar-refractivity contribution is 7.85. The second kappa shape index (κ2) is 4.95. The zero-order chi connectivity index (χ0) is 11.3. The molecule has 0 bridgehead atoms. The molecule has 0 heterocycles. The van der Waals surface area contributed by atoms with Gasteiger partial charge in [0, 0.05) is 5.56 Å². The van der Waals surface area contributed by atoms with Crippen molar-refractivity contribution in [1.82, 2.24) is 0 Å². The first kappa shape index (κ1) is 11.7. The average molecular weight is 228 g/mol. The van der Waals surface area contributed by atoms with Crippen LogP contribution >= 0.6 is 0 Å². The molecule has 15 heavy (non-hydrogen) atoms. The van der Waals surface area contributed by atoms with E-state index in [1.165, 1.54) is 0 Å². The lowest BCUT2D eigenvalue weighted by Crippen LogP contribution is -2.04. The maximum atomic E-state index is 10.7. The Labute approximate surface area is 88.9 Å². The molecule has 0 atom stereocenters. The largest absolute Gasteiger partial charge is 0.489 e. The van der Waals surface area contributed by atoms with Crippen LogP contribution in [-0.4, -0.2) is 19.6 Å². The predicted octanol–water partition coefficient (Wildman–Crippen LogP) is 1.64. The van der Waals surface area contributed by atoms with Crippen molar-refractivity contribution in [3.8, 4) is 5.75 Å². The summed E-state index contributed by atoms with van der Waals surface area (Å²) < 4.78 is 35.4. The van der Waals surface area contributed by atoms with E-state index >= 15 is 0 Å². The molecule has 0 aliphatic heterocycles. The summed E-state index contributed by atoms with van der Waals surface area (Å²) in [5.74, 6) is -0.00429. The molecule has 0 fully saturated rings. The fraction of sp³-hybridized carbons (Fsp3) is 0.200. The minimum atomic E-state index is -4.03. The second-order valence-corrected chi connectivity index (χ2v) is 4.39. The third kappa shape index (κ3) is 4.14. The molecule has 1 aromatic rings. The summed E-state index contributed by atoms with van der Waals surface area (Å²) >= 11 is 0. The van der Waals surface area contributed by atoms with Crippen LogP contribution < -0.4 is 4.74 Å². The molecule has 82 valence electrons. The molecular weight excluding hydrogens is 216 g/mol. The summed E-state index contributed by atoms with van der Waals surface area (Å²) in [4.78, 5) is 0. The van der Waals surface area contributed by atoms with E-state index in [0.717, 1.165) is 0 Å². The van der Waals surface area contributed by atoms with Crippen LogP contribution in [0.2, 0.25) is 0 Å². The Hall–Kier alpha value is -1.33. The number of hydrogen-bond acceptors (Lipinski definition) is 3. The molecular formula is C10H12O4S. The molecule has 0 saturated carbocycles. The normalized spacial score (nSPS) is 11.0. The molecule has 0 spiro atoms. The number of hydrogen-bond donors (Lipinski definition) is 1. The van der Waals surface area contributed by atoms with Crippen LogP contribution in [0.3, 0.4) is 0 Å². The second-order valence-electron chi connectivity index (χ2n) is 2.93. The zero-order valence-electron chi connectivity index (χ0n) is 8.09. The first-order valence-corrected chi connectivity index (χ1v) is 5.90. The Morgan fingerprint density at radius 1 is 1.40 bits per heavy atom. The fourth-order valence-corrected chi connectivity index (χ4v) is 1.74. The summed E-state index contributed by atoms with van der Waals surface area (Å²) in [6, 6.07) is 6.64. The van der Waals surface area contributed by atoms with Crippen LogP contribution in [0.25, 0.3) is 0 Å². The lowest BCUT2D eigenvalue weighted by Gasteiger charge is -2.08. The number of ether oxygens (including phenoxy) is 1. The lowest BCUT2D eigenvalue weighted by molar-refractivity contribution is 0.359. The Balaban J connectivity index is 2.91. The third-order valence-corrected chi connectivity index (χ3v) is 2.34. The number of benzene rings is 1. The van der Waals surface area contributed by atoms with Gasteiger partial charge < -0.3 is 4.74 Å². The first-order chi connectivity index (χ1) is 7.03. The quantitative estimate of drug-likeness (QED) is 0.614. The topological polar surface area (TPSA) is 63.6 Å². The van der Waals surface area contributed by atoms with E-state index in [9.17, 15) is 8.42 Å². The van der Waals surface area contributed by atoms with Crippen LogP contribution in [0.15, 0.2) is 36.9 Å². The van der Waals surface area contributed by atoms with Crippen molar-refractivity contribution in [1.29, 1.82) is 0 Å². The standard InChI is InChI=1S/C10H12O4S/c1-2-7-14-10-6-4-3-5-9(10)8-15(11,12)13/h2-6H,1,7-8H2,(H,11,12,13). The van der Waals surface area contributed by atoms with Crippen LogP contribution in [0.1, 0.15) is 5.56 Å². The van der Waals surface area contributed by atoms with Crippen molar-refractivity contribution in [2.45, 2.75) is 5.75 Å². The summed E-state index contributed by atoms with van der Waals surface area (Å²) in [5.41, 5.74) is 0.432. The third-order valence-electron chi connectivity index (χ3n) is 1.67. The Morgan fingerprint density at radius 2 is 2.07 bits per heavy atom. The molecule has 0 saturated heterocycles. The van der Waals surface area contributed by atoms with Crippen molar-refractivity contribution < 1.29 is 17.7 Å². The van der Waals surface area contributed by atoms with Gasteiger partial charge in [0.1, 0.15) is 18.1 Å². The molecule has 1 aromatic carbocycles. The maximum Gasteiger partial charge on any atom is 0.269 e. The van der Waals surface area contributed by atoms with Gasteiger partial charge in [-0.25, -0.2) is 0 Å². The molecule has 0 radical (unpaired) electrons. The van der Waals surface area contributed by atoms with Gasteiger partial charge in [-0.1, -0.05) is 30.9 Å². The monoisotopic (exact) mass is 228 g/mol. The van der Waals surface area contributed by atoms with Crippen molar-refractivity contribution in [2.24, 2.45) is 0 Å². The van der Waals surface area contributed by atoms with Gasteiger partial charge in [0.25, 0.3) is 10.1 Å². The molecule has 5 heteroatoms.